The third-order valence-electron chi connectivity index (χ3n) is 4.31. The molecule has 2 N–H and O–H groups in total. The molecule has 0 aromatic heterocycles. The van der Waals surface area contributed by atoms with E-state index in [0.29, 0.717) is 23.0 Å². The maximum absolute atomic E-state index is 12.3. The van der Waals surface area contributed by atoms with E-state index in [0.717, 1.165) is 11.3 Å². The number of hydrogen-bond acceptors (Lipinski definition) is 7. The molecule has 1 fully saturated rings. The van der Waals surface area contributed by atoms with E-state index in [1.165, 1.54) is 11.8 Å². The van der Waals surface area contributed by atoms with Gasteiger partial charge in [0.1, 0.15) is 5.25 Å². The first-order chi connectivity index (χ1) is 15.0. The maximum atomic E-state index is 12.3. The van der Waals surface area contributed by atoms with Gasteiger partial charge in [0.25, 0.3) is 0 Å². The minimum Gasteiger partial charge on any atom is -0.462 e. The number of carbonyl (C=O) groups excluding carboxylic acids is 3. The number of nitrogens with one attached hydrogen (secondary N) is 2. The van der Waals surface area contributed by atoms with Gasteiger partial charge in [-0.25, -0.2) is 4.79 Å². The molecule has 1 heterocycles. The number of ether oxygens (including phenoxy) is 1. The van der Waals surface area contributed by atoms with Crippen molar-refractivity contribution >= 4 is 46.1 Å². The van der Waals surface area contributed by atoms with Crippen molar-refractivity contribution in [3.63, 3.8) is 0 Å². The topological polar surface area (TPSA) is 109 Å². The quantitative estimate of drug-likeness (QED) is 0.392. The molecular formula is C22H22N4O4S. The monoisotopic (exact) mass is 438 g/mol. The van der Waals surface area contributed by atoms with E-state index in [4.69, 9.17) is 4.74 Å². The van der Waals surface area contributed by atoms with Crippen LogP contribution in [0.1, 0.15) is 36.2 Å². The van der Waals surface area contributed by atoms with Gasteiger partial charge in [-0.3, -0.25) is 9.59 Å². The highest BCUT2D eigenvalue weighted by Crippen LogP contribution is 2.23. The summed E-state index contributed by atoms with van der Waals surface area (Å²) in [6.45, 7) is 3.86. The van der Waals surface area contributed by atoms with Gasteiger partial charge in [0.15, 0.2) is 5.17 Å². The van der Waals surface area contributed by atoms with E-state index in [9.17, 15) is 14.4 Å². The number of anilines is 1. The smallest absolute Gasteiger partial charge is 0.338 e. The zero-order valence-electron chi connectivity index (χ0n) is 17.1. The molecule has 1 aliphatic heterocycles. The van der Waals surface area contributed by atoms with Crippen LogP contribution in [0.4, 0.5) is 5.69 Å². The van der Waals surface area contributed by atoms with Crippen LogP contribution >= 0.6 is 11.8 Å². The Morgan fingerprint density at radius 1 is 1.10 bits per heavy atom. The van der Waals surface area contributed by atoms with Gasteiger partial charge in [0.05, 0.1) is 17.9 Å². The molecule has 0 saturated carbocycles. The zero-order chi connectivity index (χ0) is 22.2. The Balaban J connectivity index is 1.55. The Morgan fingerprint density at radius 2 is 1.81 bits per heavy atom. The number of hydrogen-bond donors (Lipinski definition) is 2. The Hall–Kier alpha value is -3.46. The molecule has 2 amide bonds. The van der Waals surface area contributed by atoms with Gasteiger partial charge >= 0.3 is 5.97 Å². The molecule has 1 saturated heterocycles. The molecular weight excluding hydrogens is 416 g/mol. The first-order valence-electron chi connectivity index (χ1n) is 9.68. The van der Waals surface area contributed by atoms with Gasteiger partial charge in [-0.15, -0.1) is 5.10 Å². The molecule has 0 spiro atoms. The van der Waals surface area contributed by atoms with Crippen molar-refractivity contribution in [1.29, 1.82) is 0 Å². The predicted molar refractivity (Wildman–Crippen MR) is 121 cm³/mol. The minimum absolute atomic E-state index is 0.0173. The fourth-order valence-electron chi connectivity index (χ4n) is 2.73. The summed E-state index contributed by atoms with van der Waals surface area (Å²) >= 11 is 1.17. The maximum Gasteiger partial charge on any atom is 0.338 e. The molecule has 160 valence electrons. The standard InChI is InChI=1S/C22H22N4O4S/c1-3-30-21(29)16-9-11-17(12-10-16)23-19(27)13-18-20(28)24-22(31-18)26-25-14(2)15-7-5-4-6-8-15/h4-12,18H,3,13H2,1-2H3,(H,23,27)(H,24,26,28)/b25-14+. The molecule has 0 bridgehead atoms. The average Bonchev–Trinajstić information content (AvgIpc) is 3.12. The van der Waals surface area contributed by atoms with Crippen LogP contribution in [-0.2, 0) is 14.3 Å². The van der Waals surface area contributed by atoms with E-state index in [1.807, 2.05) is 37.3 Å². The van der Waals surface area contributed by atoms with Crippen LogP contribution in [0.3, 0.4) is 0 Å². The highest BCUT2D eigenvalue weighted by Gasteiger charge is 2.32. The van der Waals surface area contributed by atoms with Crippen LogP contribution in [0, 0.1) is 0 Å². The molecule has 9 heteroatoms. The minimum atomic E-state index is -0.593. The van der Waals surface area contributed by atoms with Crippen LogP contribution in [0.15, 0.2) is 64.8 Å². The van der Waals surface area contributed by atoms with Crippen molar-refractivity contribution in [2.24, 2.45) is 10.2 Å². The third-order valence-corrected chi connectivity index (χ3v) is 5.38. The first-order valence-corrected chi connectivity index (χ1v) is 10.6. The van der Waals surface area contributed by atoms with E-state index in [2.05, 4.69) is 20.8 Å². The largest absolute Gasteiger partial charge is 0.462 e. The molecule has 0 radical (unpaired) electrons. The van der Waals surface area contributed by atoms with E-state index >= 15 is 0 Å². The molecule has 1 atom stereocenters. The van der Waals surface area contributed by atoms with Crippen LogP contribution in [0.2, 0.25) is 0 Å². The van der Waals surface area contributed by atoms with Gasteiger partial charge in [-0.05, 0) is 43.7 Å². The predicted octanol–water partition coefficient (Wildman–Crippen LogP) is 3.20. The molecule has 0 aliphatic carbocycles. The van der Waals surface area contributed by atoms with Crippen molar-refractivity contribution in [3.8, 4) is 0 Å². The van der Waals surface area contributed by atoms with Crippen LogP contribution < -0.4 is 10.6 Å². The average molecular weight is 439 g/mol. The lowest BCUT2D eigenvalue weighted by atomic mass is 10.1. The molecule has 31 heavy (non-hydrogen) atoms. The van der Waals surface area contributed by atoms with E-state index < -0.39 is 11.2 Å². The summed E-state index contributed by atoms with van der Waals surface area (Å²) in [5.74, 6) is -1.03. The molecule has 3 rings (SSSR count). The number of esters is 1. The summed E-state index contributed by atoms with van der Waals surface area (Å²) in [6, 6.07) is 15.9. The van der Waals surface area contributed by atoms with Gasteiger partial charge in [0, 0.05) is 12.1 Å². The zero-order valence-corrected chi connectivity index (χ0v) is 17.9. The summed E-state index contributed by atoms with van der Waals surface area (Å²) in [4.78, 5) is 36.2. The Labute approximate surface area is 184 Å². The highest BCUT2D eigenvalue weighted by atomic mass is 32.2. The fourth-order valence-corrected chi connectivity index (χ4v) is 3.65. The first kappa shape index (κ1) is 22.2. The lowest BCUT2D eigenvalue weighted by Crippen LogP contribution is -2.28. The van der Waals surface area contributed by atoms with Crippen molar-refractivity contribution in [2.75, 3.05) is 11.9 Å². The number of thioether (sulfide) groups is 1. The number of amidine groups is 1. The summed E-state index contributed by atoms with van der Waals surface area (Å²) in [7, 11) is 0. The van der Waals surface area contributed by atoms with E-state index in [-0.39, 0.29) is 18.2 Å². The van der Waals surface area contributed by atoms with Gasteiger partial charge < -0.3 is 15.4 Å². The van der Waals surface area contributed by atoms with Gasteiger partial charge in [-0.2, -0.15) is 5.10 Å². The van der Waals surface area contributed by atoms with Crippen LogP contribution in [-0.4, -0.2) is 40.5 Å². The van der Waals surface area contributed by atoms with Crippen molar-refractivity contribution in [2.45, 2.75) is 25.5 Å². The fraction of sp³-hybridized carbons (Fsp3) is 0.227. The molecule has 1 unspecified atom stereocenters. The van der Waals surface area contributed by atoms with E-state index in [1.54, 1.807) is 31.2 Å². The van der Waals surface area contributed by atoms with Crippen molar-refractivity contribution in [1.82, 2.24) is 5.32 Å². The Morgan fingerprint density at radius 3 is 2.48 bits per heavy atom. The number of amides is 2. The lowest BCUT2D eigenvalue weighted by molar-refractivity contribution is -0.122. The molecule has 2 aromatic carbocycles. The third kappa shape index (κ3) is 6.26. The Bertz CT molecular complexity index is 1020. The second kappa shape index (κ2) is 10.5. The number of benzene rings is 2. The second-order valence-corrected chi connectivity index (χ2v) is 7.79. The normalized spacial score (nSPS) is 17.4. The molecule has 8 nitrogen and oxygen atoms in total. The lowest BCUT2D eigenvalue weighted by Gasteiger charge is -2.08. The number of nitrogens with zero attached hydrogens (tertiary/aromatic N) is 2. The number of carbonyl (C=O) groups is 3. The van der Waals surface area contributed by atoms with Crippen LogP contribution in [0.5, 0.6) is 0 Å². The summed E-state index contributed by atoms with van der Waals surface area (Å²) < 4.78 is 4.93. The second-order valence-electron chi connectivity index (χ2n) is 6.60. The summed E-state index contributed by atoms with van der Waals surface area (Å²) in [5.41, 5.74) is 2.58. The molecule has 1 aliphatic rings. The molecule has 2 aromatic rings. The highest BCUT2D eigenvalue weighted by molar-refractivity contribution is 8.15. The van der Waals surface area contributed by atoms with Crippen LogP contribution in [0.25, 0.3) is 0 Å². The summed E-state index contributed by atoms with van der Waals surface area (Å²) in [5, 5.41) is 13.4. The number of rotatable bonds is 7. The van der Waals surface area contributed by atoms with Crippen molar-refractivity contribution in [3.05, 3.63) is 65.7 Å². The SMILES string of the molecule is CCOC(=O)c1ccc(NC(=O)CC2S/C(=N/N=C(\C)c3ccccc3)NC2=O)cc1. The Kier molecular flexibility index (Phi) is 7.55. The van der Waals surface area contributed by atoms with Gasteiger partial charge in [0.2, 0.25) is 11.8 Å². The summed E-state index contributed by atoms with van der Waals surface area (Å²) in [6.07, 6.45) is -0.0173. The van der Waals surface area contributed by atoms with Gasteiger partial charge in [-0.1, -0.05) is 42.1 Å². The van der Waals surface area contributed by atoms with Crippen molar-refractivity contribution < 1.29 is 19.1 Å².